The zero-order valence-corrected chi connectivity index (χ0v) is 11.6. The highest BCUT2D eigenvalue weighted by Crippen LogP contribution is 2.22. The molecule has 0 aliphatic rings. The van der Waals surface area contributed by atoms with Crippen LogP contribution in [0.15, 0.2) is 18.2 Å². The summed E-state index contributed by atoms with van der Waals surface area (Å²) in [6.07, 6.45) is 5.11. The Hall–Kier alpha value is -1.58. The number of hydrogen-bond donors (Lipinski definition) is 2. The summed E-state index contributed by atoms with van der Waals surface area (Å²) in [5.41, 5.74) is 0.113. The van der Waals surface area contributed by atoms with Gasteiger partial charge in [-0.05, 0) is 25.0 Å². The zero-order chi connectivity index (χ0) is 14.3. The molecule has 1 unspecified atom stereocenters. The van der Waals surface area contributed by atoms with Crippen LogP contribution in [0.4, 0.5) is 10.1 Å². The highest BCUT2D eigenvalue weighted by molar-refractivity contribution is 5.94. The van der Waals surface area contributed by atoms with Gasteiger partial charge in [-0.15, -0.1) is 0 Å². The van der Waals surface area contributed by atoms with E-state index in [1.54, 1.807) is 6.07 Å². The highest BCUT2D eigenvalue weighted by Gasteiger charge is 2.17. The minimum Gasteiger partial charge on any atom is -0.478 e. The average molecular weight is 267 g/mol. The fourth-order valence-corrected chi connectivity index (χ4v) is 2.17. The Morgan fingerprint density at radius 3 is 2.63 bits per heavy atom. The van der Waals surface area contributed by atoms with Crippen LogP contribution in [-0.2, 0) is 0 Å². The average Bonchev–Trinajstić information content (AvgIpc) is 2.35. The van der Waals surface area contributed by atoms with Gasteiger partial charge < -0.3 is 10.4 Å². The molecule has 0 heterocycles. The highest BCUT2D eigenvalue weighted by atomic mass is 19.1. The van der Waals surface area contributed by atoms with Gasteiger partial charge in [-0.3, -0.25) is 0 Å². The van der Waals surface area contributed by atoms with Crippen molar-refractivity contribution in [1.29, 1.82) is 0 Å². The minimum atomic E-state index is -1.23. The summed E-state index contributed by atoms with van der Waals surface area (Å²) in [6.45, 7) is 4.21. The summed E-state index contributed by atoms with van der Waals surface area (Å²) in [5, 5.41) is 12.3. The van der Waals surface area contributed by atoms with Crippen molar-refractivity contribution >= 4 is 11.7 Å². The number of unbranched alkanes of at least 4 members (excludes halogenated alkanes) is 1. The van der Waals surface area contributed by atoms with Crippen LogP contribution in [0.5, 0.6) is 0 Å². The van der Waals surface area contributed by atoms with Gasteiger partial charge in [-0.1, -0.05) is 39.2 Å². The van der Waals surface area contributed by atoms with E-state index in [1.807, 2.05) is 0 Å². The molecule has 0 radical (unpaired) electrons. The number of aromatic carboxylic acids is 1. The topological polar surface area (TPSA) is 49.3 Å². The summed E-state index contributed by atoms with van der Waals surface area (Å²) in [7, 11) is 0. The van der Waals surface area contributed by atoms with Crippen LogP contribution in [0.1, 0.15) is 56.3 Å². The van der Waals surface area contributed by atoms with Crippen LogP contribution in [0, 0.1) is 5.82 Å². The molecular weight excluding hydrogens is 245 g/mol. The fourth-order valence-electron chi connectivity index (χ4n) is 2.17. The predicted molar refractivity (Wildman–Crippen MR) is 75.2 cm³/mol. The number of nitrogens with one attached hydrogen (secondary N) is 1. The molecule has 0 spiro atoms. The van der Waals surface area contributed by atoms with Gasteiger partial charge in [-0.2, -0.15) is 0 Å². The van der Waals surface area contributed by atoms with Gasteiger partial charge in [0.05, 0.1) is 5.69 Å². The Bertz CT molecular complexity index is 421. The van der Waals surface area contributed by atoms with Gasteiger partial charge in [0.2, 0.25) is 0 Å². The van der Waals surface area contributed by atoms with Crippen LogP contribution in [0.3, 0.4) is 0 Å². The van der Waals surface area contributed by atoms with E-state index in [1.165, 1.54) is 12.1 Å². The van der Waals surface area contributed by atoms with Gasteiger partial charge in [0, 0.05) is 6.04 Å². The molecule has 1 aromatic carbocycles. The summed E-state index contributed by atoms with van der Waals surface area (Å²) in [5.74, 6) is -1.92. The normalized spacial score (nSPS) is 12.2. The maximum absolute atomic E-state index is 13.6. The molecule has 0 saturated carbocycles. The standard InChI is InChI=1S/C15H22FNO2/c1-3-5-8-11(7-4-2)17-13-10-6-9-12(16)14(13)15(18)19/h6,9-11,17H,3-5,7-8H2,1-2H3,(H,18,19). The first-order valence-electron chi connectivity index (χ1n) is 6.88. The molecule has 4 heteroatoms. The molecule has 1 rings (SSSR count). The number of carbonyl (C=O) groups is 1. The Kier molecular flexibility index (Phi) is 6.33. The van der Waals surface area contributed by atoms with Gasteiger partial charge in [0.1, 0.15) is 11.4 Å². The lowest BCUT2D eigenvalue weighted by atomic mass is 10.0. The van der Waals surface area contributed by atoms with E-state index >= 15 is 0 Å². The number of carboxylic acids is 1. The summed E-state index contributed by atoms with van der Waals surface area (Å²) < 4.78 is 13.6. The first-order chi connectivity index (χ1) is 9.10. The summed E-state index contributed by atoms with van der Waals surface area (Å²) in [4.78, 5) is 11.1. The monoisotopic (exact) mass is 267 g/mol. The van der Waals surface area contributed by atoms with E-state index in [-0.39, 0.29) is 11.6 Å². The number of hydrogen-bond acceptors (Lipinski definition) is 2. The fraction of sp³-hybridized carbons (Fsp3) is 0.533. The molecule has 0 aliphatic carbocycles. The second-order valence-electron chi connectivity index (χ2n) is 4.74. The Balaban J connectivity index is 2.89. The van der Waals surface area contributed by atoms with Crippen molar-refractivity contribution in [3.05, 3.63) is 29.6 Å². The van der Waals surface area contributed by atoms with E-state index in [9.17, 15) is 9.18 Å². The van der Waals surface area contributed by atoms with Crippen LogP contribution in [0.2, 0.25) is 0 Å². The molecule has 3 nitrogen and oxygen atoms in total. The van der Waals surface area contributed by atoms with Gasteiger partial charge in [-0.25, -0.2) is 9.18 Å². The van der Waals surface area contributed by atoms with Crippen LogP contribution >= 0.6 is 0 Å². The molecule has 0 aliphatic heterocycles. The first-order valence-corrected chi connectivity index (χ1v) is 6.88. The van der Waals surface area contributed by atoms with Crippen molar-refractivity contribution in [2.45, 2.75) is 52.0 Å². The van der Waals surface area contributed by atoms with Gasteiger partial charge in [0.25, 0.3) is 0 Å². The smallest absolute Gasteiger partial charge is 0.340 e. The quantitative estimate of drug-likeness (QED) is 0.738. The summed E-state index contributed by atoms with van der Waals surface area (Å²) in [6, 6.07) is 4.54. The SMILES string of the molecule is CCCCC(CCC)Nc1cccc(F)c1C(=O)O. The Labute approximate surface area is 113 Å². The van der Waals surface area contributed by atoms with Crippen molar-refractivity contribution < 1.29 is 14.3 Å². The van der Waals surface area contributed by atoms with Crippen molar-refractivity contribution in [2.24, 2.45) is 0 Å². The number of benzene rings is 1. The van der Waals surface area contributed by atoms with E-state index in [0.717, 1.165) is 32.1 Å². The third-order valence-electron chi connectivity index (χ3n) is 3.13. The molecule has 106 valence electrons. The minimum absolute atomic E-state index is 0.199. The third-order valence-corrected chi connectivity index (χ3v) is 3.13. The lowest BCUT2D eigenvalue weighted by Crippen LogP contribution is -2.21. The van der Waals surface area contributed by atoms with Crippen LogP contribution in [0.25, 0.3) is 0 Å². The molecule has 0 amide bonds. The van der Waals surface area contributed by atoms with Crippen LogP contribution < -0.4 is 5.32 Å². The second kappa shape index (κ2) is 7.77. The van der Waals surface area contributed by atoms with Crippen LogP contribution in [-0.4, -0.2) is 17.1 Å². The molecule has 1 atom stereocenters. The molecule has 0 bridgehead atoms. The molecule has 1 aromatic rings. The summed E-state index contributed by atoms with van der Waals surface area (Å²) >= 11 is 0. The van der Waals surface area contributed by atoms with Crippen molar-refractivity contribution in [3.8, 4) is 0 Å². The Morgan fingerprint density at radius 1 is 1.32 bits per heavy atom. The molecule has 2 N–H and O–H groups in total. The molecule has 0 fully saturated rings. The molecule has 0 saturated heterocycles. The Morgan fingerprint density at radius 2 is 2.05 bits per heavy atom. The second-order valence-corrected chi connectivity index (χ2v) is 4.74. The predicted octanol–water partition coefficient (Wildman–Crippen LogP) is 4.29. The molecule has 19 heavy (non-hydrogen) atoms. The third kappa shape index (κ3) is 4.54. The van der Waals surface area contributed by atoms with E-state index in [0.29, 0.717) is 5.69 Å². The molecule has 0 aromatic heterocycles. The number of anilines is 1. The maximum Gasteiger partial charge on any atom is 0.340 e. The first kappa shape index (κ1) is 15.5. The van der Waals surface area contributed by atoms with E-state index in [2.05, 4.69) is 19.2 Å². The number of halogens is 1. The lowest BCUT2D eigenvalue weighted by molar-refractivity contribution is 0.0693. The molecular formula is C15H22FNO2. The van der Waals surface area contributed by atoms with Gasteiger partial charge >= 0.3 is 5.97 Å². The van der Waals surface area contributed by atoms with E-state index < -0.39 is 11.8 Å². The number of carboxylic acid groups (broad SMARTS) is 1. The van der Waals surface area contributed by atoms with E-state index in [4.69, 9.17) is 5.11 Å². The van der Waals surface area contributed by atoms with Crippen molar-refractivity contribution in [2.75, 3.05) is 5.32 Å². The zero-order valence-electron chi connectivity index (χ0n) is 11.6. The van der Waals surface area contributed by atoms with Crippen molar-refractivity contribution in [1.82, 2.24) is 0 Å². The number of rotatable bonds is 8. The van der Waals surface area contributed by atoms with Crippen molar-refractivity contribution in [3.63, 3.8) is 0 Å². The maximum atomic E-state index is 13.6. The van der Waals surface area contributed by atoms with Gasteiger partial charge in [0.15, 0.2) is 0 Å². The lowest BCUT2D eigenvalue weighted by Gasteiger charge is -2.20. The largest absolute Gasteiger partial charge is 0.478 e.